The lowest BCUT2D eigenvalue weighted by atomic mass is 10.2. The molecule has 2 N–H and O–H groups in total. The van der Waals surface area contributed by atoms with Crippen LogP contribution in [-0.4, -0.2) is 22.2 Å². The van der Waals surface area contributed by atoms with Crippen LogP contribution in [0.15, 0.2) is 29.2 Å². The lowest BCUT2D eigenvalue weighted by Gasteiger charge is -2.11. The molecule has 1 fully saturated rings. The molecule has 1 aliphatic heterocycles. The Morgan fingerprint density at radius 1 is 1.44 bits per heavy atom. The second-order valence-electron chi connectivity index (χ2n) is 4.20. The maximum Gasteiger partial charge on any atom is 0.0698 e. The molecule has 0 amide bonds. The molecule has 88 valence electrons. The average molecular weight is 239 g/mol. The lowest BCUT2D eigenvalue weighted by Crippen LogP contribution is -2.17. The Kier molecular flexibility index (Phi) is 3.61. The van der Waals surface area contributed by atoms with Crippen LogP contribution in [0, 0.1) is 0 Å². The Bertz CT molecular complexity index is 394. The molecular formula is C12H17NO2S. The highest BCUT2D eigenvalue weighted by atomic mass is 32.2. The topological polar surface area (TPSA) is 52.3 Å². The van der Waals surface area contributed by atoms with Crippen molar-refractivity contribution < 1.29 is 8.95 Å². The Morgan fingerprint density at radius 3 is 2.81 bits per heavy atom. The molecule has 1 saturated heterocycles. The predicted octanol–water partition coefficient (Wildman–Crippen LogP) is 1.94. The Labute approximate surface area is 98.4 Å². The van der Waals surface area contributed by atoms with Crippen LogP contribution in [0.25, 0.3) is 0 Å². The molecule has 3 nitrogen and oxygen atoms in total. The highest BCUT2D eigenvalue weighted by Gasteiger charge is 2.24. The van der Waals surface area contributed by atoms with Gasteiger partial charge in [0.05, 0.1) is 33.7 Å². The number of nitrogens with two attached hydrogens (primary N) is 1. The molecule has 3 atom stereocenters. The third-order valence-electron chi connectivity index (χ3n) is 2.82. The summed E-state index contributed by atoms with van der Waals surface area (Å²) in [5.41, 5.74) is 6.39. The van der Waals surface area contributed by atoms with E-state index in [1.807, 2.05) is 18.2 Å². The minimum Gasteiger partial charge on any atom is -0.398 e. The lowest BCUT2D eigenvalue weighted by molar-refractivity contribution is 0.0695. The first-order valence-electron chi connectivity index (χ1n) is 5.55. The van der Waals surface area contributed by atoms with Gasteiger partial charge in [-0.05, 0) is 31.9 Å². The standard InChI is InChI=1S/C12H17NO2S/c1-9-6-7-10(15-9)8-16(14)12-5-3-2-4-11(12)13/h2-5,9-10H,6-8,13H2,1H3. The van der Waals surface area contributed by atoms with Crippen LogP contribution in [-0.2, 0) is 15.5 Å². The molecule has 0 spiro atoms. The van der Waals surface area contributed by atoms with Gasteiger partial charge in [0.15, 0.2) is 0 Å². The maximum absolute atomic E-state index is 12.1. The van der Waals surface area contributed by atoms with Crippen molar-refractivity contribution in [3.8, 4) is 0 Å². The first kappa shape index (κ1) is 11.6. The van der Waals surface area contributed by atoms with Crippen molar-refractivity contribution in [1.29, 1.82) is 0 Å². The summed E-state index contributed by atoms with van der Waals surface area (Å²) in [6.45, 7) is 2.06. The zero-order chi connectivity index (χ0) is 11.5. The van der Waals surface area contributed by atoms with Crippen molar-refractivity contribution in [2.45, 2.75) is 36.9 Å². The SMILES string of the molecule is CC1CCC(CS(=O)c2ccccc2N)O1. The van der Waals surface area contributed by atoms with Gasteiger partial charge >= 0.3 is 0 Å². The van der Waals surface area contributed by atoms with Gasteiger partial charge in [-0.3, -0.25) is 4.21 Å². The summed E-state index contributed by atoms with van der Waals surface area (Å²) in [4.78, 5) is 0.727. The van der Waals surface area contributed by atoms with Crippen molar-refractivity contribution in [2.24, 2.45) is 0 Å². The van der Waals surface area contributed by atoms with Gasteiger partial charge in [-0.15, -0.1) is 0 Å². The minimum absolute atomic E-state index is 0.121. The van der Waals surface area contributed by atoms with Crippen LogP contribution in [0.3, 0.4) is 0 Å². The molecule has 3 unspecified atom stereocenters. The van der Waals surface area contributed by atoms with Gasteiger partial charge in [0, 0.05) is 5.69 Å². The molecule has 0 bridgehead atoms. The van der Waals surface area contributed by atoms with E-state index < -0.39 is 10.8 Å². The van der Waals surface area contributed by atoms with Crippen molar-refractivity contribution >= 4 is 16.5 Å². The number of para-hydroxylation sites is 1. The monoisotopic (exact) mass is 239 g/mol. The molecular weight excluding hydrogens is 222 g/mol. The Balaban J connectivity index is 2.01. The van der Waals surface area contributed by atoms with Gasteiger partial charge < -0.3 is 10.5 Å². The zero-order valence-electron chi connectivity index (χ0n) is 9.39. The van der Waals surface area contributed by atoms with E-state index in [9.17, 15) is 4.21 Å². The number of rotatable bonds is 3. The summed E-state index contributed by atoms with van der Waals surface area (Å²) in [6, 6.07) is 7.32. The first-order valence-corrected chi connectivity index (χ1v) is 6.87. The van der Waals surface area contributed by atoms with E-state index in [0.29, 0.717) is 17.5 Å². The Morgan fingerprint density at radius 2 is 2.19 bits per heavy atom. The van der Waals surface area contributed by atoms with Crippen molar-refractivity contribution in [2.75, 3.05) is 11.5 Å². The molecule has 2 rings (SSSR count). The summed E-state index contributed by atoms with van der Waals surface area (Å²) < 4.78 is 17.7. The Hall–Kier alpha value is -0.870. The van der Waals surface area contributed by atoms with E-state index in [-0.39, 0.29) is 6.10 Å². The molecule has 0 radical (unpaired) electrons. The number of anilines is 1. The van der Waals surface area contributed by atoms with Crippen LogP contribution in [0.5, 0.6) is 0 Å². The van der Waals surface area contributed by atoms with Crippen LogP contribution in [0.2, 0.25) is 0 Å². The van der Waals surface area contributed by atoms with Crippen LogP contribution >= 0.6 is 0 Å². The molecule has 1 heterocycles. The van der Waals surface area contributed by atoms with Crippen molar-refractivity contribution in [3.05, 3.63) is 24.3 Å². The number of hydrogen-bond donors (Lipinski definition) is 1. The number of hydrogen-bond acceptors (Lipinski definition) is 3. The largest absolute Gasteiger partial charge is 0.398 e. The molecule has 0 saturated carbocycles. The van der Waals surface area contributed by atoms with Gasteiger partial charge in [0.1, 0.15) is 0 Å². The highest BCUT2D eigenvalue weighted by Crippen LogP contribution is 2.23. The van der Waals surface area contributed by atoms with Gasteiger partial charge in [0.25, 0.3) is 0 Å². The normalized spacial score (nSPS) is 26.8. The van der Waals surface area contributed by atoms with E-state index in [4.69, 9.17) is 10.5 Å². The van der Waals surface area contributed by atoms with Crippen molar-refractivity contribution in [1.82, 2.24) is 0 Å². The van der Waals surface area contributed by atoms with Crippen LogP contribution in [0.4, 0.5) is 5.69 Å². The van der Waals surface area contributed by atoms with Gasteiger partial charge in [-0.2, -0.15) is 0 Å². The van der Waals surface area contributed by atoms with Crippen LogP contribution in [0.1, 0.15) is 19.8 Å². The summed E-state index contributed by atoms with van der Waals surface area (Å²) >= 11 is 0. The smallest absolute Gasteiger partial charge is 0.0698 e. The van der Waals surface area contributed by atoms with E-state index in [1.165, 1.54) is 0 Å². The number of nitrogen functional groups attached to an aromatic ring is 1. The zero-order valence-corrected chi connectivity index (χ0v) is 10.2. The second kappa shape index (κ2) is 4.97. The molecule has 0 aromatic heterocycles. The fourth-order valence-electron chi connectivity index (χ4n) is 1.95. The van der Waals surface area contributed by atoms with Crippen LogP contribution < -0.4 is 5.73 Å². The number of benzene rings is 1. The van der Waals surface area contributed by atoms with E-state index >= 15 is 0 Å². The van der Waals surface area contributed by atoms with E-state index in [1.54, 1.807) is 6.07 Å². The minimum atomic E-state index is -1.05. The maximum atomic E-state index is 12.1. The number of ether oxygens (including phenoxy) is 1. The summed E-state index contributed by atoms with van der Waals surface area (Å²) in [7, 11) is -1.05. The van der Waals surface area contributed by atoms with Gasteiger partial charge in [-0.1, -0.05) is 12.1 Å². The van der Waals surface area contributed by atoms with Gasteiger partial charge in [0.2, 0.25) is 0 Å². The summed E-state index contributed by atoms with van der Waals surface area (Å²) in [5, 5.41) is 0. The molecule has 1 aromatic rings. The molecule has 4 heteroatoms. The third-order valence-corrected chi connectivity index (χ3v) is 4.36. The fraction of sp³-hybridized carbons (Fsp3) is 0.500. The quantitative estimate of drug-likeness (QED) is 0.820. The molecule has 1 aliphatic rings. The van der Waals surface area contributed by atoms with E-state index in [2.05, 4.69) is 6.92 Å². The van der Waals surface area contributed by atoms with E-state index in [0.717, 1.165) is 17.7 Å². The third kappa shape index (κ3) is 2.62. The molecule has 16 heavy (non-hydrogen) atoms. The first-order chi connectivity index (χ1) is 7.66. The van der Waals surface area contributed by atoms with Crippen molar-refractivity contribution in [3.63, 3.8) is 0 Å². The average Bonchev–Trinajstić information content (AvgIpc) is 2.64. The summed E-state index contributed by atoms with van der Waals surface area (Å²) in [5.74, 6) is 0.554. The predicted molar refractivity (Wildman–Crippen MR) is 65.7 cm³/mol. The molecule has 1 aromatic carbocycles. The van der Waals surface area contributed by atoms with Gasteiger partial charge in [-0.25, -0.2) is 0 Å². The highest BCUT2D eigenvalue weighted by molar-refractivity contribution is 7.85. The molecule has 0 aliphatic carbocycles. The summed E-state index contributed by atoms with van der Waals surface area (Å²) in [6.07, 6.45) is 2.48. The fourth-order valence-corrected chi connectivity index (χ4v) is 3.28. The second-order valence-corrected chi connectivity index (χ2v) is 5.66.